The van der Waals surface area contributed by atoms with Crippen molar-refractivity contribution >= 4 is 23.5 Å². The first-order chi connectivity index (χ1) is 24.3. The number of likely N-dealkylation sites (N-methyl/N-ethyl adjacent to an activating group) is 1. The summed E-state index contributed by atoms with van der Waals surface area (Å²) in [4.78, 5) is 59.9. The number of imide groups is 1. The molecule has 2 spiro atoms. The number of ketones is 1. The minimum Gasteiger partial charge on any atom is -0.344 e. The molecule has 0 bridgehead atoms. The molecule has 0 aromatic carbocycles. The number of carbonyl (C=O) groups is 4. The SMILES string of the molecule is CCCCCCCCCCCCCCCC[N+]1(NC(=O)CN2CC3(OC24CCCCC4)C(=O)C(C)(CC)N(C)C(C)(CC)C3C)C(=O)CCC1=O. The molecule has 3 aliphatic heterocycles. The lowest BCUT2D eigenvalue weighted by atomic mass is 9.61. The second-order valence-electron chi connectivity index (χ2n) is 17.3. The van der Waals surface area contributed by atoms with Crippen LogP contribution in [-0.2, 0) is 23.9 Å². The van der Waals surface area contributed by atoms with Crippen LogP contribution in [0.15, 0.2) is 0 Å². The Kier molecular flexibility index (Phi) is 14.9. The Hall–Kier alpha value is -1.68. The summed E-state index contributed by atoms with van der Waals surface area (Å²) in [5, 5.41) is 0. The fourth-order valence-electron chi connectivity index (χ4n) is 10.2. The van der Waals surface area contributed by atoms with E-state index in [9.17, 15) is 19.2 Å². The summed E-state index contributed by atoms with van der Waals surface area (Å²) in [7, 11) is 2.08. The molecule has 0 aromatic heterocycles. The van der Waals surface area contributed by atoms with Crippen LogP contribution in [0.4, 0.5) is 0 Å². The molecule has 9 nitrogen and oxygen atoms in total. The second-order valence-corrected chi connectivity index (χ2v) is 17.3. The molecule has 9 heteroatoms. The third-order valence-corrected chi connectivity index (χ3v) is 14.3. The first kappa shape index (κ1) is 42.1. The Labute approximate surface area is 310 Å². The third-order valence-electron chi connectivity index (χ3n) is 14.3. The van der Waals surface area contributed by atoms with Gasteiger partial charge in [-0.15, -0.1) is 0 Å². The summed E-state index contributed by atoms with van der Waals surface area (Å²) in [6.07, 6.45) is 23.7. The van der Waals surface area contributed by atoms with E-state index in [1.807, 2.05) is 0 Å². The molecule has 4 fully saturated rings. The van der Waals surface area contributed by atoms with Gasteiger partial charge in [-0.05, 0) is 72.3 Å². The van der Waals surface area contributed by atoms with Crippen LogP contribution in [0.25, 0.3) is 0 Å². The predicted molar refractivity (Wildman–Crippen MR) is 203 cm³/mol. The lowest BCUT2D eigenvalue weighted by Gasteiger charge is -2.61. The van der Waals surface area contributed by atoms with E-state index in [2.05, 4.69) is 63.8 Å². The number of nitrogens with zero attached hydrogens (tertiary/aromatic N) is 3. The van der Waals surface area contributed by atoms with E-state index in [0.717, 1.165) is 57.8 Å². The topological polar surface area (TPSA) is 96.0 Å². The van der Waals surface area contributed by atoms with Gasteiger partial charge >= 0.3 is 11.8 Å². The Morgan fingerprint density at radius 3 is 1.78 bits per heavy atom. The molecule has 1 aliphatic carbocycles. The van der Waals surface area contributed by atoms with Gasteiger partial charge in [-0.25, -0.2) is 9.59 Å². The van der Waals surface area contributed by atoms with Crippen LogP contribution >= 0.6 is 0 Å². The Morgan fingerprint density at radius 1 is 0.784 bits per heavy atom. The van der Waals surface area contributed by atoms with Crippen molar-refractivity contribution in [1.82, 2.24) is 15.2 Å². The van der Waals surface area contributed by atoms with Crippen LogP contribution in [-0.4, -0.2) is 87.0 Å². The average Bonchev–Trinajstić information content (AvgIpc) is 3.58. The van der Waals surface area contributed by atoms with Gasteiger partial charge in [0.2, 0.25) is 0 Å². The van der Waals surface area contributed by atoms with E-state index in [1.165, 1.54) is 70.6 Å². The number of Topliss-reactive ketones (excluding diaryl/α,β-unsaturated/α-hetero) is 1. The van der Waals surface area contributed by atoms with Gasteiger partial charge in [0, 0.05) is 18.0 Å². The standard InChI is InChI=1S/C42H74N4O5/c1-8-11-12-13-14-15-16-17-18-19-20-21-22-26-31-46(36(48)27-28-37(46)49)43-35(47)32-45-33-42(51-41(45)29-24-23-25-30-41)34(4)39(5,9-2)44(7)40(6,10-3)38(42)50/h34H,8-33H2,1-7H3/p+1. The molecule has 4 rings (SSSR count). The van der Waals surface area contributed by atoms with Crippen molar-refractivity contribution in [3.8, 4) is 0 Å². The Morgan fingerprint density at radius 2 is 1.29 bits per heavy atom. The summed E-state index contributed by atoms with van der Waals surface area (Å²) in [6, 6.07) is 0. The van der Waals surface area contributed by atoms with Crippen molar-refractivity contribution in [3.63, 3.8) is 0 Å². The Balaban J connectivity index is 1.37. The number of ether oxygens (including phenoxy) is 1. The molecule has 0 radical (unpaired) electrons. The van der Waals surface area contributed by atoms with Crippen molar-refractivity contribution in [2.75, 3.05) is 26.7 Å². The van der Waals surface area contributed by atoms with E-state index in [0.29, 0.717) is 19.5 Å². The number of nitrogens with one attached hydrogen (secondary N) is 1. The van der Waals surface area contributed by atoms with Crippen LogP contribution in [0.2, 0.25) is 0 Å². The monoisotopic (exact) mass is 716 g/mol. The highest BCUT2D eigenvalue weighted by molar-refractivity contribution is 5.98. The molecule has 3 amide bonds. The molecule has 3 heterocycles. The van der Waals surface area contributed by atoms with E-state index in [1.54, 1.807) is 0 Å². The van der Waals surface area contributed by atoms with Crippen molar-refractivity contribution in [3.05, 3.63) is 0 Å². The summed E-state index contributed by atoms with van der Waals surface area (Å²) >= 11 is 0. The van der Waals surface area contributed by atoms with E-state index < -0.39 is 21.5 Å². The fourth-order valence-corrected chi connectivity index (χ4v) is 10.2. The summed E-state index contributed by atoms with van der Waals surface area (Å²) in [5.74, 6) is -0.738. The van der Waals surface area contributed by atoms with Crippen molar-refractivity contribution < 1.29 is 28.5 Å². The lowest BCUT2D eigenvalue weighted by molar-refractivity contribution is -0.811. The van der Waals surface area contributed by atoms with E-state index in [4.69, 9.17) is 4.74 Å². The van der Waals surface area contributed by atoms with Gasteiger partial charge in [-0.3, -0.25) is 19.4 Å². The summed E-state index contributed by atoms with van der Waals surface area (Å²) in [6.45, 7) is 13.7. The molecule has 4 unspecified atom stereocenters. The molecule has 3 saturated heterocycles. The molecule has 292 valence electrons. The molecule has 1 N–H and O–H groups in total. The van der Waals surface area contributed by atoms with Crippen molar-refractivity contribution in [2.24, 2.45) is 5.92 Å². The first-order valence-electron chi connectivity index (χ1n) is 21.3. The summed E-state index contributed by atoms with van der Waals surface area (Å²) < 4.78 is 6.66. The number of quaternary nitrogens is 1. The smallest absolute Gasteiger partial charge is 0.344 e. The van der Waals surface area contributed by atoms with Crippen LogP contribution in [0.1, 0.15) is 189 Å². The minimum absolute atomic E-state index is 0.00255. The molecule has 1 saturated carbocycles. The molecule has 4 aliphatic rings. The Bertz CT molecular complexity index is 1190. The van der Waals surface area contributed by atoms with Gasteiger partial charge in [0.25, 0.3) is 5.91 Å². The van der Waals surface area contributed by atoms with Gasteiger partial charge in [-0.2, -0.15) is 5.43 Å². The maximum atomic E-state index is 14.7. The van der Waals surface area contributed by atoms with E-state index >= 15 is 0 Å². The molecular weight excluding hydrogens is 640 g/mol. The zero-order valence-corrected chi connectivity index (χ0v) is 33.8. The van der Waals surface area contributed by atoms with Crippen LogP contribution in [0, 0.1) is 5.92 Å². The van der Waals surface area contributed by atoms with E-state index in [-0.39, 0.29) is 54.3 Å². The van der Waals surface area contributed by atoms with Gasteiger partial charge in [0.05, 0.1) is 24.9 Å². The maximum absolute atomic E-state index is 14.7. The number of hydrogen-bond donors (Lipinski definition) is 1. The molecular formula is C42H75N4O5+. The maximum Gasteiger partial charge on any atom is 0.346 e. The lowest BCUT2D eigenvalue weighted by Crippen LogP contribution is -2.76. The molecule has 4 atom stereocenters. The normalized spacial score (nSPS) is 31.0. The average molecular weight is 716 g/mol. The van der Waals surface area contributed by atoms with Crippen molar-refractivity contribution in [2.45, 2.75) is 212 Å². The van der Waals surface area contributed by atoms with Gasteiger partial charge in [-0.1, -0.05) is 116 Å². The zero-order valence-electron chi connectivity index (χ0n) is 33.8. The number of rotatable bonds is 20. The largest absolute Gasteiger partial charge is 0.346 e. The minimum atomic E-state index is -1.04. The second kappa shape index (κ2) is 18.1. The highest BCUT2D eigenvalue weighted by Crippen LogP contribution is 2.55. The van der Waals surface area contributed by atoms with Crippen LogP contribution in [0.5, 0.6) is 0 Å². The quantitative estimate of drug-likeness (QED) is 0.0769. The van der Waals surface area contributed by atoms with Crippen molar-refractivity contribution in [1.29, 1.82) is 0 Å². The number of unbranched alkanes of at least 4 members (excludes halogenated alkanes) is 13. The highest BCUT2D eigenvalue weighted by Gasteiger charge is 2.70. The molecule has 0 aromatic rings. The summed E-state index contributed by atoms with van der Waals surface area (Å²) in [5.41, 5.74) is 0.253. The van der Waals surface area contributed by atoms with Crippen LogP contribution in [0.3, 0.4) is 0 Å². The van der Waals surface area contributed by atoms with Gasteiger partial charge in [0.1, 0.15) is 17.9 Å². The number of piperidine rings is 1. The highest BCUT2D eigenvalue weighted by atomic mass is 16.6. The zero-order chi connectivity index (χ0) is 37.3. The fraction of sp³-hybridized carbons (Fsp3) is 0.905. The predicted octanol–water partition coefficient (Wildman–Crippen LogP) is 8.38. The molecule has 51 heavy (non-hydrogen) atoms. The first-order valence-corrected chi connectivity index (χ1v) is 21.3. The third kappa shape index (κ3) is 8.52. The van der Waals surface area contributed by atoms with Crippen LogP contribution < -0.4 is 5.43 Å². The number of likely N-dealkylation sites (tertiary alicyclic amines) is 2. The number of carbonyl (C=O) groups excluding carboxylic acids is 4. The van der Waals surface area contributed by atoms with Gasteiger partial charge < -0.3 is 4.74 Å². The number of amides is 3. The number of hydrogen-bond acceptors (Lipinski definition) is 7. The van der Waals surface area contributed by atoms with Gasteiger partial charge in [0.15, 0.2) is 5.78 Å².